The molecule has 0 aliphatic carbocycles. The van der Waals surface area contributed by atoms with Crippen LogP contribution in [0.2, 0.25) is 0 Å². The molecule has 0 heterocycles. The highest BCUT2D eigenvalue weighted by Gasteiger charge is 1.98. The molecule has 2 nitrogen and oxygen atoms in total. The average molecular weight is 205 g/mol. The first-order chi connectivity index (χ1) is 7.27. The lowest BCUT2D eigenvalue weighted by Crippen LogP contribution is -1.94. The molecular weight excluding hydrogens is 186 g/mol. The fourth-order valence-corrected chi connectivity index (χ4v) is 1.55. The van der Waals surface area contributed by atoms with E-state index in [4.69, 9.17) is 5.21 Å². The van der Waals surface area contributed by atoms with Crippen molar-refractivity contribution in [3.8, 4) is 0 Å². The van der Waals surface area contributed by atoms with E-state index in [-0.39, 0.29) is 0 Å². The second-order valence-corrected chi connectivity index (χ2v) is 3.84. The van der Waals surface area contributed by atoms with Crippen LogP contribution in [0, 0.1) is 0 Å². The average Bonchev–Trinajstić information content (AvgIpc) is 2.29. The van der Waals surface area contributed by atoms with Crippen LogP contribution in [0.15, 0.2) is 29.4 Å². The summed E-state index contributed by atoms with van der Waals surface area (Å²) in [6.45, 7) is 4.01. The Hall–Kier alpha value is -1.31. The summed E-state index contributed by atoms with van der Waals surface area (Å²) < 4.78 is 0. The molecular formula is C13H19NO. The van der Waals surface area contributed by atoms with Crippen LogP contribution in [0.25, 0.3) is 0 Å². The number of nitrogens with zero attached hydrogens (tertiary/aromatic N) is 1. The van der Waals surface area contributed by atoms with Gasteiger partial charge in [-0.1, -0.05) is 49.2 Å². The number of hydrogen-bond acceptors (Lipinski definition) is 2. The zero-order valence-electron chi connectivity index (χ0n) is 9.53. The Morgan fingerprint density at radius 1 is 1.20 bits per heavy atom. The molecule has 0 radical (unpaired) electrons. The Kier molecular flexibility index (Phi) is 4.88. The Balaban J connectivity index is 2.56. The van der Waals surface area contributed by atoms with Crippen LogP contribution in [0.4, 0.5) is 0 Å². The third kappa shape index (κ3) is 3.74. The molecule has 0 atom stereocenters. The summed E-state index contributed by atoms with van der Waals surface area (Å²) in [5, 5.41) is 11.8. The fraction of sp³-hybridized carbons (Fsp3) is 0.462. The van der Waals surface area contributed by atoms with E-state index in [2.05, 4.69) is 24.2 Å². The minimum Gasteiger partial charge on any atom is -0.411 e. The van der Waals surface area contributed by atoms with Gasteiger partial charge >= 0.3 is 0 Å². The van der Waals surface area contributed by atoms with E-state index >= 15 is 0 Å². The van der Waals surface area contributed by atoms with Crippen molar-refractivity contribution in [3.63, 3.8) is 0 Å². The van der Waals surface area contributed by atoms with E-state index in [1.54, 1.807) is 6.92 Å². The highest BCUT2D eigenvalue weighted by atomic mass is 16.4. The highest BCUT2D eigenvalue weighted by molar-refractivity contribution is 5.98. The number of aryl methyl sites for hydroxylation is 1. The molecule has 1 N–H and O–H groups in total. The number of oxime groups is 1. The van der Waals surface area contributed by atoms with Crippen molar-refractivity contribution >= 4 is 5.71 Å². The lowest BCUT2D eigenvalue weighted by Gasteiger charge is -2.02. The molecule has 15 heavy (non-hydrogen) atoms. The van der Waals surface area contributed by atoms with Gasteiger partial charge in [-0.2, -0.15) is 0 Å². The van der Waals surface area contributed by atoms with Crippen LogP contribution in [0.3, 0.4) is 0 Å². The molecule has 0 aromatic heterocycles. The SMILES string of the molecule is CCCCCc1ccc(C(C)=NO)cc1. The molecule has 0 bridgehead atoms. The Bertz CT molecular complexity index is 314. The minimum absolute atomic E-state index is 0.662. The molecule has 1 aromatic carbocycles. The van der Waals surface area contributed by atoms with Gasteiger partial charge in [0.1, 0.15) is 0 Å². The molecule has 0 amide bonds. The van der Waals surface area contributed by atoms with E-state index in [9.17, 15) is 0 Å². The Morgan fingerprint density at radius 2 is 1.87 bits per heavy atom. The number of hydrogen-bond donors (Lipinski definition) is 1. The second-order valence-electron chi connectivity index (χ2n) is 3.84. The molecule has 82 valence electrons. The van der Waals surface area contributed by atoms with E-state index in [1.165, 1.54) is 24.8 Å². The molecule has 0 fully saturated rings. The Labute approximate surface area is 91.6 Å². The predicted molar refractivity (Wildman–Crippen MR) is 63.7 cm³/mol. The highest BCUT2D eigenvalue weighted by Crippen LogP contribution is 2.09. The maximum atomic E-state index is 8.62. The van der Waals surface area contributed by atoms with Crippen molar-refractivity contribution < 1.29 is 5.21 Å². The molecule has 0 unspecified atom stereocenters. The van der Waals surface area contributed by atoms with Crippen molar-refractivity contribution in [2.24, 2.45) is 5.16 Å². The van der Waals surface area contributed by atoms with E-state index in [1.807, 2.05) is 12.1 Å². The van der Waals surface area contributed by atoms with Crippen LogP contribution in [-0.2, 0) is 6.42 Å². The molecule has 2 heteroatoms. The van der Waals surface area contributed by atoms with Crippen LogP contribution in [0.1, 0.15) is 44.2 Å². The summed E-state index contributed by atoms with van der Waals surface area (Å²) in [5.74, 6) is 0. The van der Waals surface area contributed by atoms with E-state index in [0.717, 1.165) is 12.0 Å². The van der Waals surface area contributed by atoms with Gasteiger partial charge in [-0.15, -0.1) is 0 Å². The lowest BCUT2D eigenvalue weighted by molar-refractivity contribution is 0.319. The third-order valence-electron chi connectivity index (χ3n) is 2.59. The summed E-state index contributed by atoms with van der Waals surface area (Å²) in [4.78, 5) is 0. The first-order valence-corrected chi connectivity index (χ1v) is 5.56. The summed E-state index contributed by atoms with van der Waals surface area (Å²) in [5.41, 5.74) is 3.00. The van der Waals surface area contributed by atoms with Crippen molar-refractivity contribution in [3.05, 3.63) is 35.4 Å². The van der Waals surface area contributed by atoms with Gasteiger partial charge in [0.05, 0.1) is 5.71 Å². The van der Waals surface area contributed by atoms with Crippen LogP contribution >= 0.6 is 0 Å². The summed E-state index contributed by atoms with van der Waals surface area (Å²) in [7, 11) is 0. The Morgan fingerprint density at radius 3 is 2.40 bits per heavy atom. The van der Waals surface area contributed by atoms with Gasteiger partial charge in [-0.25, -0.2) is 0 Å². The minimum atomic E-state index is 0.662. The first-order valence-electron chi connectivity index (χ1n) is 5.56. The molecule has 1 aromatic rings. The number of unbranched alkanes of at least 4 members (excludes halogenated alkanes) is 2. The summed E-state index contributed by atoms with van der Waals surface area (Å²) >= 11 is 0. The fourth-order valence-electron chi connectivity index (χ4n) is 1.55. The van der Waals surface area contributed by atoms with Crippen LogP contribution in [-0.4, -0.2) is 10.9 Å². The molecule has 0 saturated carbocycles. The second kappa shape index (κ2) is 6.23. The summed E-state index contributed by atoms with van der Waals surface area (Å²) in [6, 6.07) is 8.24. The number of benzene rings is 1. The van der Waals surface area contributed by atoms with Crippen LogP contribution in [0.5, 0.6) is 0 Å². The van der Waals surface area contributed by atoms with Gasteiger partial charge in [0.2, 0.25) is 0 Å². The van der Waals surface area contributed by atoms with Gasteiger partial charge in [-0.05, 0) is 30.9 Å². The van der Waals surface area contributed by atoms with Crippen molar-refractivity contribution in [1.29, 1.82) is 0 Å². The first kappa shape index (κ1) is 11.8. The zero-order chi connectivity index (χ0) is 11.1. The predicted octanol–water partition coefficient (Wildman–Crippen LogP) is 3.62. The molecule has 0 aliphatic heterocycles. The molecule has 1 rings (SSSR count). The van der Waals surface area contributed by atoms with Gasteiger partial charge in [0, 0.05) is 0 Å². The number of rotatable bonds is 5. The lowest BCUT2D eigenvalue weighted by atomic mass is 10.0. The summed E-state index contributed by atoms with van der Waals surface area (Å²) in [6.07, 6.45) is 4.94. The normalized spacial score (nSPS) is 11.7. The zero-order valence-corrected chi connectivity index (χ0v) is 9.53. The molecule has 0 aliphatic rings. The third-order valence-corrected chi connectivity index (χ3v) is 2.59. The quantitative estimate of drug-likeness (QED) is 0.338. The maximum absolute atomic E-state index is 8.62. The van der Waals surface area contributed by atoms with Crippen molar-refractivity contribution in [2.75, 3.05) is 0 Å². The topological polar surface area (TPSA) is 32.6 Å². The standard InChI is InChI=1S/C13H19NO/c1-3-4-5-6-12-7-9-13(10-8-12)11(2)14-15/h7-10,15H,3-6H2,1-2H3. The molecule has 0 saturated heterocycles. The van der Waals surface area contributed by atoms with E-state index in [0.29, 0.717) is 5.71 Å². The maximum Gasteiger partial charge on any atom is 0.0836 e. The van der Waals surface area contributed by atoms with Crippen molar-refractivity contribution in [2.45, 2.75) is 39.5 Å². The smallest absolute Gasteiger partial charge is 0.0836 e. The van der Waals surface area contributed by atoms with Gasteiger partial charge in [0.25, 0.3) is 0 Å². The largest absolute Gasteiger partial charge is 0.411 e. The molecule has 0 spiro atoms. The van der Waals surface area contributed by atoms with Crippen LogP contribution < -0.4 is 0 Å². The van der Waals surface area contributed by atoms with Crippen molar-refractivity contribution in [1.82, 2.24) is 0 Å². The van der Waals surface area contributed by atoms with Gasteiger partial charge < -0.3 is 5.21 Å². The van der Waals surface area contributed by atoms with Gasteiger partial charge in [-0.3, -0.25) is 0 Å². The van der Waals surface area contributed by atoms with Gasteiger partial charge in [0.15, 0.2) is 0 Å². The van der Waals surface area contributed by atoms with E-state index < -0.39 is 0 Å². The monoisotopic (exact) mass is 205 g/mol.